The van der Waals surface area contributed by atoms with Crippen LogP contribution in [-0.4, -0.2) is 52.6 Å². The summed E-state index contributed by atoms with van der Waals surface area (Å²) < 4.78 is 0. The van der Waals surface area contributed by atoms with Gasteiger partial charge in [0.25, 0.3) is 5.69 Å². The summed E-state index contributed by atoms with van der Waals surface area (Å²) in [5.74, 6) is 0.560. The Kier molecular flexibility index (Phi) is 6.41. The number of benzene rings is 1. The molecule has 0 spiro atoms. The van der Waals surface area contributed by atoms with Gasteiger partial charge in [0.2, 0.25) is 5.91 Å². The van der Waals surface area contributed by atoms with E-state index in [0.717, 1.165) is 31.6 Å². The molecule has 0 radical (unpaired) electrons. The Morgan fingerprint density at radius 2 is 2.13 bits per heavy atom. The van der Waals surface area contributed by atoms with E-state index in [1.807, 2.05) is 11.0 Å². The van der Waals surface area contributed by atoms with E-state index in [-0.39, 0.29) is 17.0 Å². The van der Waals surface area contributed by atoms with Gasteiger partial charge in [-0.3, -0.25) is 14.9 Å². The Bertz CT molecular complexity index is 563. The number of carbonyl (C=O) groups excluding carboxylic acids is 1. The van der Waals surface area contributed by atoms with Gasteiger partial charge in [0.1, 0.15) is 5.37 Å². The lowest BCUT2D eigenvalue weighted by Crippen LogP contribution is -2.32. The first-order valence-corrected chi connectivity index (χ1v) is 8.99. The van der Waals surface area contributed by atoms with E-state index in [1.54, 1.807) is 23.9 Å². The summed E-state index contributed by atoms with van der Waals surface area (Å²) in [7, 11) is 0. The van der Waals surface area contributed by atoms with Crippen LogP contribution in [-0.2, 0) is 4.79 Å². The molecule has 126 valence electrons. The number of rotatable bonds is 8. The monoisotopic (exact) mass is 337 g/mol. The zero-order chi connectivity index (χ0) is 16.8. The zero-order valence-corrected chi connectivity index (χ0v) is 14.4. The lowest BCUT2D eigenvalue weighted by molar-refractivity contribution is -0.384. The van der Waals surface area contributed by atoms with Crippen LogP contribution in [0.4, 0.5) is 5.69 Å². The third kappa shape index (κ3) is 4.45. The molecule has 0 N–H and O–H groups in total. The van der Waals surface area contributed by atoms with Gasteiger partial charge in [0.05, 0.1) is 10.7 Å². The van der Waals surface area contributed by atoms with E-state index in [4.69, 9.17) is 0 Å². The van der Waals surface area contributed by atoms with Gasteiger partial charge < -0.3 is 9.80 Å². The van der Waals surface area contributed by atoms with Crippen molar-refractivity contribution in [1.29, 1.82) is 0 Å². The van der Waals surface area contributed by atoms with E-state index in [0.29, 0.717) is 12.3 Å². The number of amides is 1. The minimum Gasteiger partial charge on any atom is -0.326 e. The first-order valence-electron chi connectivity index (χ1n) is 7.94. The Morgan fingerprint density at radius 1 is 1.39 bits per heavy atom. The molecule has 1 heterocycles. The summed E-state index contributed by atoms with van der Waals surface area (Å²) in [6.07, 6.45) is 0.916. The topological polar surface area (TPSA) is 66.7 Å². The van der Waals surface area contributed by atoms with Crippen LogP contribution < -0.4 is 0 Å². The van der Waals surface area contributed by atoms with Crippen molar-refractivity contribution >= 4 is 23.4 Å². The van der Waals surface area contributed by atoms with Crippen LogP contribution in [0.15, 0.2) is 24.3 Å². The Hall–Kier alpha value is -1.60. The van der Waals surface area contributed by atoms with Crippen LogP contribution >= 0.6 is 11.8 Å². The maximum atomic E-state index is 12.1. The van der Waals surface area contributed by atoms with E-state index < -0.39 is 4.92 Å². The molecule has 1 aromatic carbocycles. The molecule has 1 atom stereocenters. The highest BCUT2D eigenvalue weighted by Gasteiger charge is 2.33. The third-order valence-electron chi connectivity index (χ3n) is 4.10. The summed E-state index contributed by atoms with van der Waals surface area (Å²) in [5.41, 5.74) is 0.906. The van der Waals surface area contributed by atoms with Gasteiger partial charge in [-0.1, -0.05) is 26.0 Å². The number of hydrogen-bond donors (Lipinski definition) is 0. The van der Waals surface area contributed by atoms with Crippen molar-refractivity contribution in [2.75, 3.05) is 31.9 Å². The lowest BCUT2D eigenvalue weighted by Gasteiger charge is -2.26. The molecule has 1 fully saturated rings. The van der Waals surface area contributed by atoms with Crippen LogP contribution in [0.3, 0.4) is 0 Å². The summed E-state index contributed by atoms with van der Waals surface area (Å²) in [6.45, 7) is 7.93. The zero-order valence-electron chi connectivity index (χ0n) is 13.6. The van der Waals surface area contributed by atoms with Crippen LogP contribution in [0.25, 0.3) is 0 Å². The second-order valence-electron chi connectivity index (χ2n) is 5.48. The smallest absolute Gasteiger partial charge is 0.269 e. The van der Waals surface area contributed by atoms with Gasteiger partial charge in [-0.05, 0) is 31.6 Å². The molecule has 0 aromatic heterocycles. The average Bonchev–Trinajstić information content (AvgIpc) is 2.92. The summed E-state index contributed by atoms with van der Waals surface area (Å²) >= 11 is 1.54. The first kappa shape index (κ1) is 17.7. The second kappa shape index (κ2) is 8.31. The molecule has 1 unspecified atom stereocenters. The molecule has 1 aliphatic rings. The van der Waals surface area contributed by atoms with Gasteiger partial charge in [-0.25, -0.2) is 0 Å². The van der Waals surface area contributed by atoms with Crippen molar-refractivity contribution in [1.82, 2.24) is 9.80 Å². The van der Waals surface area contributed by atoms with Gasteiger partial charge in [-0.2, -0.15) is 0 Å². The van der Waals surface area contributed by atoms with Crippen LogP contribution in [0.2, 0.25) is 0 Å². The highest BCUT2D eigenvalue weighted by molar-refractivity contribution is 8.00. The number of nitro groups is 1. The molecule has 1 saturated heterocycles. The van der Waals surface area contributed by atoms with Gasteiger partial charge in [0.15, 0.2) is 0 Å². The van der Waals surface area contributed by atoms with E-state index in [2.05, 4.69) is 18.7 Å². The minimum absolute atomic E-state index is 0.0746. The minimum atomic E-state index is -0.393. The van der Waals surface area contributed by atoms with Crippen molar-refractivity contribution < 1.29 is 9.72 Å². The van der Waals surface area contributed by atoms with Crippen LogP contribution in [0.5, 0.6) is 0 Å². The fraction of sp³-hybridized carbons (Fsp3) is 0.562. The highest BCUT2D eigenvalue weighted by Crippen LogP contribution is 2.39. The molecular weight excluding hydrogens is 314 g/mol. The Morgan fingerprint density at radius 3 is 2.78 bits per heavy atom. The van der Waals surface area contributed by atoms with E-state index in [9.17, 15) is 14.9 Å². The van der Waals surface area contributed by atoms with Crippen molar-refractivity contribution in [3.05, 3.63) is 39.9 Å². The van der Waals surface area contributed by atoms with Gasteiger partial charge in [-0.15, -0.1) is 11.8 Å². The predicted octanol–water partition coefficient (Wildman–Crippen LogP) is 2.90. The molecule has 1 aliphatic heterocycles. The fourth-order valence-electron chi connectivity index (χ4n) is 2.77. The second-order valence-corrected chi connectivity index (χ2v) is 6.55. The summed E-state index contributed by atoms with van der Waals surface area (Å²) in [4.78, 5) is 26.9. The number of thioether (sulfide) groups is 1. The number of carbonyl (C=O) groups is 1. The van der Waals surface area contributed by atoms with Gasteiger partial charge >= 0.3 is 0 Å². The van der Waals surface area contributed by atoms with Crippen molar-refractivity contribution in [3.63, 3.8) is 0 Å². The molecule has 23 heavy (non-hydrogen) atoms. The predicted molar refractivity (Wildman–Crippen MR) is 92.4 cm³/mol. The molecule has 1 amide bonds. The lowest BCUT2D eigenvalue weighted by atomic mass is 10.2. The number of hydrogen-bond acceptors (Lipinski definition) is 5. The summed E-state index contributed by atoms with van der Waals surface area (Å²) in [5, 5.41) is 10.8. The first-order chi connectivity index (χ1) is 11.1. The summed E-state index contributed by atoms with van der Waals surface area (Å²) in [6, 6.07) is 6.61. The van der Waals surface area contributed by atoms with E-state index in [1.165, 1.54) is 6.07 Å². The molecule has 2 rings (SSSR count). The quantitative estimate of drug-likeness (QED) is 0.539. The number of nitrogens with zero attached hydrogens (tertiary/aromatic N) is 3. The normalized spacial score (nSPS) is 18.0. The standard InChI is InChI=1S/C16H23N3O3S/c1-3-17(4-2)9-6-10-18-15(20)12-23-16(18)13-7-5-8-14(11-13)19(21)22/h5,7-8,11,16H,3-4,6,9-10,12H2,1-2H3. The molecule has 1 aromatic rings. The third-order valence-corrected chi connectivity index (χ3v) is 5.36. The largest absolute Gasteiger partial charge is 0.326 e. The maximum Gasteiger partial charge on any atom is 0.269 e. The molecule has 0 aliphatic carbocycles. The van der Waals surface area contributed by atoms with Gasteiger partial charge in [0, 0.05) is 18.7 Å². The maximum absolute atomic E-state index is 12.1. The molecule has 0 saturated carbocycles. The molecule has 0 bridgehead atoms. The Balaban J connectivity index is 2.04. The average molecular weight is 337 g/mol. The molecule has 7 heteroatoms. The fourth-order valence-corrected chi connectivity index (χ4v) is 3.98. The van der Waals surface area contributed by atoms with E-state index >= 15 is 0 Å². The highest BCUT2D eigenvalue weighted by atomic mass is 32.2. The van der Waals surface area contributed by atoms with Crippen molar-refractivity contribution in [3.8, 4) is 0 Å². The molecule has 6 nitrogen and oxygen atoms in total. The Labute approximate surface area is 141 Å². The molecular formula is C16H23N3O3S. The van der Waals surface area contributed by atoms with Crippen LogP contribution in [0, 0.1) is 10.1 Å². The van der Waals surface area contributed by atoms with Crippen molar-refractivity contribution in [2.45, 2.75) is 25.6 Å². The van der Waals surface area contributed by atoms with Crippen LogP contribution in [0.1, 0.15) is 31.2 Å². The van der Waals surface area contributed by atoms with Crippen molar-refractivity contribution in [2.24, 2.45) is 0 Å². The number of non-ortho nitro benzene ring substituents is 1. The SMILES string of the molecule is CCN(CC)CCCN1C(=O)CSC1c1cccc([N+](=O)[O-])c1. The number of nitro benzene ring substituents is 1.